The minimum Gasteiger partial charge on any atom is -0.467 e. The van der Waals surface area contributed by atoms with E-state index in [-0.39, 0.29) is 31.8 Å². The number of carbonyl (C=O) groups is 2. The minimum absolute atomic E-state index is 0.0563. The monoisotopic (exact) mass is 401 g/mol. The normalized spacial score (nSPS) is 14.0. The summed E-state index contributed by atoms with van der Waals surface area (Å²) in [5.41, 5.74) is 2.40. The van der Waals surface area contributed by atoms with Crippen molar-refractivity contribution in [2.45, 2.75) is 40.0 Å². The van der Waals surface area contributed by atoms with E-state index >= 15 is 0 Å². The Balaban J connectivity index is 1.69. The molecule has 0 spiro atoms. The quantitative estimate of drug-likeness (QED) is 0.750. The van der Waals surface area contributed by atoms with Crippen LogP contribution < -0.4 is 10.1 Å². The number of aryl methyl sites for hydroxylation is 1. The van der Waals surface area contributed by atoms with Crippen LogP contribution >= 0.6 is 0 Å². The number of hydrogen-bond acceptors (Lipinski definition) is 5. The molecule has 1 atom stereocenters. The number of benzene rings is 2. The Morgan fingerprint density at radius 2 is 2.03 bits per heavy atom. The van der Waals surface area contributed by atoms with Crippen LogP contribution in [0.25, 0.3) is 0 Å². The van der Waals surface area contributed by atoms with Crippen molar-refractivity contribution < 1.29 is 28.2 Å². The zero-order valence-electron chi connectivity index (χ0n) is 16.7. The van der Waals surface area contributed by atoms with Gasteiger partial charge in [-0.05, 0) is 37.1 Å². The van der Waals surface area contributed by atoms with Gasteiger partial charge in [-0.3, -0.25) is 4.79 Å². The highest BCUT2D eigenvalue weighted by Gasteiger charge is 2.27. The molecule has 1 aliphatic rings. The van der Waals surface area contributed by atoms with E-state index < -0.39 is 17.8 Å². The zero-order chi connectivity index (χ0) is 21.0. The number of carbonyl (C=O) groups excluding carboxylic acids is 2. The molecule has 0 fully saturated rings. The van der Waals surface area contributed by atoms with E-state index in [0.717, 1.165) is 5.56 Å². The summed E-state index contributed by atoms with van der Waals surface area (Å²) in [7, 11) is 0. The molecule has 0 aromatic heterocycles. The Hall–Kier alpha value is -2.93. The molecule has 0 radical (unpaired) electrons. The summed E-state index contributed by atoms with van der Waals surface area (Å²) in [5, 5.41) is 2.73. The molecular formula is C22H24FNO5. The maximum atomic E-state index is 13.9. The average molecular weight is 401 g/mol. The van der Waals surface area contributed by atoms with E-state index in [9.17, 15) is 14.0 Å². The third-order valence-corrected chi connectivity index (χ3v) is 4.61. The molecule has 0 saturated heterocycles. The maximum Gasteiger partial charge on any atom is 0.329 e. The van der Waals surface area contributed by atoms with Gasteiger partial charge >= 0.3 is 5.97 Å². The van der Waals surface area contributed by atoms with Crippen LogP contribution in [0, 0.1) is 18.7 Å². The number of ether oxygens (including phenoxy) is 3. The lowest BCUT2D eigenvalue weighted by atomic mass is 10.0. The molecule has 3 rings (SSSR count). The minimum atomic E-state index is -0.836. The Kier molecular flexibility index (Phi) is 6.49. The maximum absolute atomic E-state index is 13.9. The number of fused-ring (bicyclic) bond motifs is 1. The lowest BCUT2D eigenvalue weighted by molar-refractivity contribution is -0.148. The van der Waals surface area contributed by atoms with Crippen LogP contribution in [0.2, 0.25) is 0 Å². The molecule has 0 bridgehead atoms. The van der Waals surface area contributed by atoms with Crippen molar-refractivity contribution in [3.63, 3.8) is 0 Å². The second kappa shape index (κ2) is 9.05. The van der Waals surface area contributed by atoms with Crippen LogP contribution in [0.5, 0.6) is 5.75 Å². The fourth-order valence-electron chi connectivity index (χ4n) is 3.11. The van der Waals surface area contributed by atoms with Crippen LogP contribution in [0.4, 0.5) is 4.39 Å². The summed E-state index contributed by atoms with van der Waals surface area (Å²) in [6.07, 6.45) is 0. The van der Waals surface area contributed by atoms with Gasteiger partial charge in [-0.2, -0.15) is 0 Å². The van der Waals surface area contributed by atoms with Crippen molar-refractivity contribution in [2.75, 3.05) is 6.79 Å². The summed E-state index contributed by atoms with van der Waals surface area (Å²) in [5.74, 6) is -1.13. The number of hydrogen-bond donors (Lipinski definition) is 1. The Bertz CT molecular complexity index is 912. The molecule has 1 aliphatic heterocycles. The van der Waals surface area contributed by atoms with Crippen molar-refractivity contribution in [1.29, 1.82) is 0 Å². The molecule has 2 aromatic carbocycles. The molecule has 29 heavy (non-hydrogen) atoms. The van der Waals surface area contributed by atoms with Crippen molar-refractivity contribution in [1.82, 2.24) is 5.32 Å². The van der Waals surface area contributed by atoms with Gasteiger partial charge in [0, 0.05) is 16.7 Å². The molecule has 1 heterocycles. The first-order valence-electron chi connectivity index (χ1n) is 9.41. The molecule has 1 N–H and O–H groups in total. The van der Waals surface area contributed by atoms with Gasteiger partial charge in [0.1, 0.15) is 24.2 Å². The summed E-state index contributed by atoms with van der Waals surface area (Å²) in [6, 6.07) is 8.87. The standard InChI is InChI=1S/C22H24FNO5/c1-13(2)19(24-21(25)15-6-4-5-14(3)7-15)22(26)28-11-17-9-18(23)8-16-10-27-12-29-20(16)17/h4-9,13,19H,10-12H2,1-3H3,(H,24,25)/t19-/m0/s1. The van der Waals surface area contributed by atoms with Gasteiger partial charge in [-0.15, -0.1) is 0 Å². The van der Waals surface area contributed by atoms with Gasteiger partial charge in [0.25, 0.3) is 5.91 Å². The van der Waals surface area contributed by atoms with E-state index in [4.69, 9.17) is 14.2 Å². The van der Waals surface area contributed by atoms with Crippen molar-refractivity contribution in [2.24, 2.45) is 5.92 Å². The fraction of sp³-hybridized carbons (Fsp3) is 0.364. The highest BCUT2D eigenvalue weighted by Crippen LogP contribution is 2.30. The van der Waals surface area contributed by atoms with Gasteiger partial charge in [-0.25, -0.2) is 9.18 Å². The molecule has 6 nitrogen and oxygen atoms in total. The van der Waals surface area contributed by atoms with E-state index in [2.05, 4.69) is 5.32 Å². The zero-order valence-corrected chi connectivity index (χ0v) is 16.7. The van der Waals surface area contributed by atoms with Gasteiger partial charge in [0.15, 0.2) is 6.79 Å². The van der Waals surface area contributed by atoms with E-state index in [1.807, 2.05) is 26.8 Å². The highest BCUT2D eigenvalue weighted by atomic mass is 19.1. The Morgan fingerprint density at radius 1 is 1.24 bits per heavy atom. The number of rotatable bonds is 6. The summed E-state index contributed by atoms with van der Waals surface area (Å²) in [6.45, 7) is 5.64. The SMILES string of the molecule is Cc1cccc(C(=O)N[C@H](C(=O)OCc2cc(F)cc3c2OCOC3)C(C)C)c1. The van der Waals surface area contributed by atoms with Gasteiger partial charge in [0.05, 0.1) is 6.61 Å². The predicted molar refractivity (Wildman–Crippen MR) is 104 cm³/mol. The van der Waals surface area contributed by atoms with Crippen LogP contribution in [0.3, 0.4) is 0 Å². The molecule has 154 valence electrons. The third-order valence-electron chi connectivity index (χ3n) is 4.61. The lowest BCUT2D eigenvalue weighted by Gasteiger charge is -2.23. The largest absolute Gasteiger partial charge is 0.467 e. The lowest BCUT2D eigenvalue weighted by Crippen LogP contribution is -2.45. The molecule has 2 aromatic rings. The van der Waals surface area contributed by atoms with Gasteiger partial charge in [-0.1, -0.05) is 31.5 Å². The van der Waals surface area contributed by atoms with E-state index in [1.165, 1.54) is 12.1 Å². The molecule has 0 unspecified atom stereocenters. The number of nitrogens with one attached hydrogen (secondary N) is 1. The second-order valence-corrected chi connectivity index (χ2v) is 7.34. The van der Waals surface area contributed by atoms with Crippen LogP contribution in [0.15, 0.2) is 36.4 Å². The Morgan fingerprint density at radius 3 is 2.76 bits per heavy atom. The first kappa shape index (κ1) is 20.8. The second-order valence-electron chi connectivity index (χ2n) is 7.34. The third kappa shape index (κ3) is 5.12. The number of halogens is 1. The molecular weight excluding hydrogens is 377 g/mol. The van der Waals surface area contributed by atoms with Gasteiger partial charge in [0.2, 0.25) is 0 Å². The fourth-order valence-corrected chi connectivity index (χ4v) is 3.11. The Labute approximate surface area is 169 Å². The van der Waals surface area contributed by atoms with Crippen molar-refractivity contribution in [3.8, 4) is 5.75 Å². The molecule has 0 aliphatic carbocycles. The first-order valence-corrected chi connectivity index (χ1v) is 9.41. The highest BCUT2D eigenvalue weighted by molar-refractivity contribution is 5.97. The predicted octanol–water partition coefficient (Wildman–Crippen LogP) is 3.50. The van der Waals surface area contributed by atoms with E-state index in [0.29, 0.717) is 22.4 Å². The summed E-state index contributed by atoms with van der Waals surface area (Å²) >= 11 is 0. The molecule has 1 amide bonds. The average Bonchev–Trinajstić information content (AvgIpc) is 2.69. The van der Waals surface area contributed by atoms with Crippen LogP contribution in [0.1, 0.15) is 40.9 Å². The van der Waals surface area contributed by atoms with Crippen LogP contribution in [-0.2, 0) is 27.5 Å². The smallest absolute Gasteiger partial charge is 0.329 e. The molecule has 0 saturated carbocycles. The summed E-state index contributed by atoms with van der Waals surface area (Å²) in [4.78, 5) is 25.2. The van der Waals surface area contributed by atoms with Gasteiger partial charge < -0.3 is 19.5 Å². The topological polar surface area (TPSA) is 73.9 Å². The summed E-state index contributed by atoms with van der Waals surface area (Å²) < 4.78 is 29.8. The van der Waals surface area contributed by atoms with Crippen LogP contribution in [-0.4, -0.2) is 24.7 Å². The number of esters is 1. The number of amides is 1. The first-order chi connectivity index (χ1) is 13.8. The van der Waals surface area contributed by atoms with Crippen molar-refractivity contribution >= 4 is 11.9 Å². The molecule has 7 heteroatoms. The van der Waals surface area contributed by atoms with E-state index in [1.54, 1.807) is 18.2 Å². The van der Waals surface area contributed by atoms with Crippen molar-refractivity contribution in [3.05, 3.63) is 64.5 Å².